The molecule has 0 aliphatic carbocycles. The van der Waals surface area contributed by atoms with Crippen LogP contribution in [0.15, 0.2) is 29.2 Å². The van der Waals surface area contributed by atoms with Crippen molar-refractivity contribution in [2.75, 3.05) is 6.54 Å². The van der Waals surface area contributed by atoms with Gasteiger partial charge in [-0.05, 0) is 43.5 Å². The molecule has 0 saturated carbocycles. The lowest BCUT2D eigenvalue weighted by Crippen LogP contribution is -2.63. The predicted octanol–water partition coefficient (Wildman–Crippen LogP) is 2.24. The molecule has 1 aromatic carbocycles. The Kier molecular flexibility index (Phi) is 4.52. The molecule has 138 valence electrons. The van der Waals surface area contributed by atoms with Crippen LogP contribution in [0.25, 0.3) is 0 Å². The van der Waals surface area contributed by atoms with Crippen molar-refractivity contribution in [3.05, 3.63) is 29.3 Å². The minimum Gasteiger partial charge on any atom is -0.257 e. The standard InChI is InChI=1S/C16H20ClF2N3O2S/c17-10-1-3-12(4-2-10)25(23,24)22-11-5-9(16(18)19)6-15(22)13-8-20-21-14(13)7-11/h1-4,9,11,13-16,20-21H,5-8H2. The number of fused-ring (bicyclic) bond motifs is 4. The highest BCUT2D eigenvalue weighted by Crippen LogP contribution is 2.45. The lowest BCUT2D eigenvalue weighted by atomic mass is 9.73. The summed E-state index contributed by atoms with van der Waals surface area (Å²) in [6, 6.07) is 5.34. The van der Waals surface area contributed by atoms with E-state index < -0.39 is 34.5 Å². The highest BCUT2D eigenvalue weighted by Gasteiger charge is 2.54. The Morgan fingerprint density at radius 2 is 1.88 bits per heavy atom. The summed E-state index contributed by atoms with van der Waals surface area (Å²) in [5.74, 6) is -0.743. The van der Waals surface area contributed by atoms with Gasteiger partial charge in [-0.25, -0.2) is 17.2 Å². The van der Waals surface area contributed by atoms with Gasteiger partial charge in [-0.1, -0.05) is 11.6 Å². The van der Waals surface area contributed by atoms with Gasteiger partial charge < -0.3 is 0 Å². The average molecular weight is 392 g/mol. The Hall–Kier alpha value is -0.800. The summed E-state index contributed by atoms with van der Waals surface area (Å²) >= 11 is 5.86. The van der Waals surface area contributed by atoms with E-state index in [9.17, 15) is 17.2 Å². The van der Waals surface area contributed by atoms with E-state index in [0.717, 1.165) is 0 Å². The maximum Gasteiger partial charge on any atom is 0.243 e. The van der Waals surface area contributed by atoms with E-state index in [1.807, 2.05) is 0 Å². The van der Waals surface area contributed by atoms with Crippen molar-refractivity contribution < 1.29 is 17.2 Å². The molecule has 3 aliphatic heterocycles. The largest absolute Gasteiger partial charge is 0.257 e. The van der Waals surface area contributed by atoms with Gasteiger partial charge in [0.1, 0.15) is 0 Å². The Bertz CT molecular complexity index is 744. The lowest BCUT2D eigenvalue weighted by Gasteiger charge is -2.51. The van der Waals surface area contributed by atoms with Gasteiger partial charge in [0.25, 0.3) is 0 Å². The number of nitrogens with one attached hydrogen (secondary N) is 2. The number of alkyl halides is 2. The van der Waals surface area contributed by atoms with Crippen molar-refractivity contribution in [1.82, 2.24) is 15.2 Å². The van der Waals surface area contributed by atoms with E-state index in [0.29, 0.717) is 18.0 Å². The molecule has 3 heterocycles. The molecule has 9 heteroatoms. The van der Waals surface area contributed by atoms with Crippen molar-refractivity contribution in [2.45, 2.75) is 48.7 Å². The van der Waals surface area contributed by atoms with Crippen LogP contribution in [0.5, 0.6) is 0 Å². The van der Waals surface area contributed by atoms with Crippen molar-refractivity contribution in [1.29, 1.82) is 0 Å². The molecular formula is C16H20ClF2N3O2S. The van der Waals surface area contributed by atoms with Crippen LogP contribution in [0.4, 0.5) is 8.78 Å². The summed E-state index contributed by atoms with van der Waals surface area (Å²) in [4.78, 5) is 0.166. The van der Waals surface area contributed by atoms with Crippen LogP contribution >= 0.6 is 11.6 Å². The first-order chi connectivity index (χ1) is 11.9. The van der Waals surface area contributed by atoms with E-state index in [1.54, 1.807) is 0 Å². The number of hydrazine groups is 1. The summed E-state index contributed by atoms with van der Waals surface area (Å²) in [5, 5.41) is 0.458. The number of nitrogens with zero attached hydrogens (tertiary/aromatic N) is 1. The molecule has 3 aliphatic rings. The van der Waals surface area contributed by atoms with E-state index in [4.69, 9.17) is 11.6 Å². The summed E-state index contributed by atoms with van der Waals surface area (Å²) < 4.78 is 54.7. The van der Waals surface area contributed by atoms with Crippen molar-refractivity contribution >= 4 is 21.6 Å². The quantitative estimate of drug-likeness (QED) is 0.829. The SMILES string of the molecule is O=S(=O)(c1ccc(Cl)cc1)N1C2CC(C(F)F)CC1C1CNNC1C2. The number of hydrogen-bond acceptors (Lipinski definition) is 4. The first kappa shape index (κ1) is 17.6. The van der Waals surface area contributed by atoms with Crippen LogP contribution in [0.2, 0.25) is 5.02 Å². The minimum atomic E-state index is -3.75. The molecule has 25 heavy (non-hydrogen) atoms. The molecule has 4 rings (SSSR count). The molecular weight excluding hydrogens is 372 g/mol. The summed E-state index contributed by atoms with van der Waals surface area (Å²) in [6.45, 7) is 0.588. The first-order valence-corrected chi connectivity index (χ1v) is 10.3. The lowest BCUT2D eigenvalue weighted by molar-refractivity contribution is -0.0245. The number of piperidine rings is 2. The first-order valence-electron chi connectivity index (χ1n) is 8.43. The van der Waals surface area contributed by atoms with Gasteiger partial charge in [0.05, 0.1) is 4.90 Å². The number of benzene rings is 1. The van der Waals surface area contributed by atoms with Crippen LogP contribution < -0.4 is 10.9 Å². The van der Waals surface area contributed by atoms with E-state index in [-0.39, 0.29) is 29.7 Å². The molecule has 5 nitrogen and oxygen atoms in total. The van der Waals surface area contributed by atoms with Gasteiger partial charge in [0, 0.05) is 41.5 Å². The fourth-order valence-electron chi connectivity index (χ4n) is 4.59. The topological polar surface area (TPSA) is 61.4 Å². The van der Waals surface area contributed by atoms with Crippen LogP contribution in [0, 0.1) is 11.8 Å². The molecule has 3 saturated heterocycles. The van der Waals surface area contributed by atoms with Crippen LogP contribution in [-0.2, 0) is 10.0 Å². The number of hydrogen-bond donors (Lipinski definition) is 2. The Morgan fingerprint density at radius 3 is 2.56 bits per heavy atom. The maximum atomic E-state index is 13.3. The molecule has 0 aromatic heterocycles. The second-order valence-electron chi connectivity index (χ2n) is 7.11. The fraction of sp³-hybridized carbons (Fsp3) is 0.625. The zero-order valence-electron chi connectivity index (χ0n) is 13.4. The molecule has 0 spiro atoms. The second-order valence-corrected chi connectivity index (χ2v) is 9.39. The molecule has 2 bridgehead atoms. The average Bonchev–Trinajstić information content (AvgIpc) is 3.02. The monoisotopic (exact) mass is 391 g/mol. The third-order valence-electron chi connectivity index (χ3n) is 5.71. The zero-order valence-corrected chi connectivity index (χ0v) is 15.0. The van der Waals surface area contributed by atoms with Crippen molar-refractivity contribution in [2.24, 2.45) is 11.8 Å². The summed E-state index contributed by atoms with van der Waals surface area (Å²) in [5.41, 5.74) is 6.24. The van der Waals surface area contributed by atoms with Gasteiger partial charge in [0.15, 0.2) is 0 Å². The predicted molar refractivity (Wildman–Crippen MR) is 89.8 cm³/mol. The summed E-state index contributed by atoms with van der Waals surface area (Å²) in [7, 11) is -3.75. The minimum absolute atomic E-state index is 0.000116. The van der Waals surface area contributed by atoms with Gasteiger partial charge in [-0.15, -0.1) is 0 Å². The molecule has 5 unspecified atom stereocenters. The normalized spacial score (nSPS) is 35.8. The Morgan fingerprint density at radius 1 is 1.16 bits per heavy atom. The van der Waals surface area contributed by atoms with Gasteiger partial charge in [0.2, 0.25) is 16.4 Å². The third kappa shape index (κ3) is 2.98. The van der Waals surface area contributed by atoms with Crippen LogP contribution in [0.1, 0.15) is 19.3 Å². The Labute approximate surface area is 150 Å². The highest BCUT2D eigenvalue weighted by molar-refractivity contribution is 7.89. The van der Waals surface area contributed by atoms with E-state index >= 15 is 0 Å². The van der Waals surface area contributed by atoms with E-state index in [2.05, 4.69) is 10.9 Å². The second kappa shape index (κ2) is 6.42. The van der Waals surface area contributed by atoms with Gasteiger partial charge >= 0.3 is 0 Å². The van der Waals surface area contributed by atoms with Gasteiger partial charge in [-0.2, -0.15) is 4.31 Å². The fourth-order valence-corrected chi connectivity index (χ4v) is 6.61. The number of rotatable bonds is 3. The van der Waals surface area contributed by atoms with Crippen LogP contribution in [-0.4, -0.2) is 43.8 Å². The van der Waals surface area contributed by atoms with Crippen molar-refractivity contribution in [3.63, 3.8) is 0 Å². The smallest absolute Gasteiger partial charge is 0.243 e. The molecule has 3 fully saturated rings. The molecule has 2 N–H and O–H groups in total. The molecule has 5 atom stereocenters. The number of sulfonamides is 1. The maximum absolute atomic E-state index is 13.3. The molecule has 0 radical (unpaired) electrons. The zero-order chi connectivity index (χ0) is 17.8. The van der Waals surface area contributed by atoms with Crippen LogP contribution in [0.3, 0.4) is 0 Å². The Balaban J connectivity index is 1.72. The molecule has 1 aromatic rings. The number of halogens is 3. The summed E-state index contributed by atoms with van der Waals surface area (Å²) in [6.07, 6.45) is -1.47. The van der Waals surface area contributed by atoms with Gasteiger partial charge in [-0.3, -0.25) is 10.9 Å². The third-order valence-corrected chi connectivity index (χ3v) is 7.96. The van der Waals surface area contributed by atoms with Crippen molar-refractivity contribution in [3.8, 4) is 0 Å². The molecule has 0 amide bonds. The highest BCUT2D eigenvalue weighted by atomic mass is 35.5. The van der Waals surface area contributed by atoms with E-state index in [1.165, 1.54) is 28.6 Å².